The third-order valence-electron chi connectivity index (χ3n) is 2.89. The maximum absolute atomic E-state index is 7.54. The summed E-state index contributed by atoms with van der Waals surface area (Å²) in [6.45, 7) is 8.22. The van der Waals surface area contributed by atoms with Gasteiger partial charge in [-0.15, -0.1) is 0 Å². The van der Waals surface area contributed by atoms with Crippen LogP contribution < -0.4 is 10.6 Å². The lowest BCUT2D eigenvalue weighted by Gasteiger charge is -2.26. The Kier molecular flexibility index (Phi) is 4.87. The topological polar surface area (TPSA) is 78.9 Å². The van der Waals surface area contributed by atoms with Gasteiger partial charge in [0.25, 0.3) is 0 Å². The molecule has 1 aromatic heterocycles. The van der Waals surface area contributed by atoms with E-state index in [0.29, 0.717) is 11.5 Å². The zero-order valence-electron chi connectivity index (χ0n) is 10.8. The monoisotopic (exact) mass is 235 g/mol. The highest BCUT2D eigenvalue weighted by Gasteiger charge is 2.15. The molecule has 1 atom stereocenters. The molecule has 1 rings (SSSR count). The fourth-order valence-corrected chi connectivity index (χ4v) is 1.64. The zero-order chi connectivity index (χ0) is 12.8. The number of nitrogens with two attached hydrogens (primary N) is 1. The average molecular weight is 235 g/mol. The van der Waals surface area contributed by atoms with Crippen LogP contribution in [-0.2, 0) is 0 Å². The van der Waals surface area contributed by atoms with E-state index in [-0.39, 0.29) is 5.84 Å². The SMILES string of the molecule is CCC(C)CN(CC)c1ncncc1C(=N)N. The standard InChI is InChI=1S/C12H21N5/c1-4-9(3)7-17(5-2)12-10(11(13)14)6-15-8-16-12/h6,8-9H,4-5,7H2,1-3H3,(H3,13,14). The van der Waals surface area contributed by atoms with E-state index in [4.69, 9.17) is 11.1 Å². The van der Waals surface area contributed by atoms with Crippen molar-refractivity contribution < 1.29 is 0 Å². The third-order valence-corrected chi connectivity index (χ3v) is 2.89. The van der Waals surface area contributed by atoms with Crippen LogP contribution in [0.15, 0.2) is 12.5 Å². The summed E-state index contributed by atoms with van der Waals surface area (Å²) >= 11 is 0. The molecule has 5 nitrogen and oxygen atoms in total. The second kappa shape index (κ2) is 6.18. The van der Waals surface area contributed by atoms with Crippen LogP contribution in [0.4, 0.5) is 5.82 Å². The van der Waals surface area contributed by atoms with Gasteiger partial charge in [0.1, 0.15) is 18.0 Å². The van der Waals surface area contributed by atoms with Crippen molar-refractivity contribution in [3.8, 4) is 0 Å². The van der Waals surface area contributed by atoms with Gasteiger partial charge in [-0.3, -0.25) is 5.41 Å². The van der Waals surface area contributed by atoms with Crippen LogP contribution >= 0.6 is 0 Å². The van der Waals surface area contributed by atoms with Crippen molar-refractivity contribution in [3.63, 3.8) is 0 Å². The Morgan fingerprint density at radius 1 is 1.53 bits per heavy atom. The fourth-order valence-electron chi connectivity index (χ4n) is 1.64. The van der Waals surface area contributed by atoms with Crippen LogP contribution in [0.5, 0.6) is 0 Å². The van der Waals surface area contributed by atoms with Gasteiger partial charge in [0.05, 0.1) is 5.56 Å². The van der Waals surface area contributed by atoms with E-state index in [0.717, 1.165) is 25.3 Å². The number of aromatic nitrogens is 2. The van der Waals surface area contributed by atoms with Crippen molar-refractivity contribution >= 4 is 11.7 Å². The highest BCUT2D eigenvalue weighted by molar-refractivity contribution is 5.99. The van der Waals surface area contributed by atoms with Crippen LogP contribution in [0.3, 0.4) is 0 Å². The van der Waals surface area contributed by atoms with Crippen LogP contribution in [-0.4, -0.2) is 28.9 Å². The Balaban J connectivity index is 2.99. The Labute approximate surface area is 103 Å². The minimum atomic E-state index is 0.0169. The molecule has 1 heterocycles. The minimum Gasteiger partial charge on any atom is -0.384 e. The van der Waals surface area contributed by atoms with E-state index in [1.54, 1.807) is 6.20 Å². The Morgan fingerprint density at radius 3 is 2.76 bits per heavy atom. The molecule has 0 bridgehead atoms. The summed E-state index contributed by atoms with van der Waals surface area (Å²) in [5.74, 6) is 1.36. The zero-order valence-corrected chi connectivity index (χ0v) is 10.8. The quantitative estimate of drug-likeness (QED) is 0.580. The normalized spacial score (nSPS) is 12.2. The second-order valence-electron chi connectivity index (χ2n) is 4.23. The van der Waals surface area contributed by atoms with Gasteiger partial charge in [-0.25, -0.2) is 9.97 Å². The van der Waals surface area contributed by atoms with Crippen LogP contribution in [0.2, 0.25) is 0 Å². The van der Waals surface area contributed by atoms with E-state index >= 15 is 0 Å². The van der Waals surface area contributed by atoms with Crippen molar-refractivity contribution in [2.75, 3.05) is 18.0 Å². The number of rotatable bonds is 6. The highest BCUT2D eigenvalue weighted by Crippen LogP contribution is 2.17. The number of anilines is 1. The Hall–Kier alpha value is -1.65. The third kappa shape index (κ3) is 3.41. The van der Waals surface area contributed by atoms with Crippen LogP contribution in [0.25, 0.3) is 0 Å². The van der Waals surface area contributed by atoms with Crippen molar-refractivity contribution in [2.24, 2.45) is 11.7 Å². The molecule has 1 aromatic rings. The first kappa shape index (κ1) is 13.4. The summed E-state index contributed by atoms with van der Waals surface area (Å²) in [5, 5.41) is 7.54. The lowest BCUT2D eigenvalue weighted by molar-refractivity contribution is 0.545. The molecule has 0 radical (unpaired) electrons. The summed E-state index contributed by atoms with van der Waals surface area (Å²) < 4.78 is 0. The molecule has 17 heavy (non-hydrogen) atoms. The molecule has 0 fully saturated rings. The Bertz CT molecular complexity index is 377. The second-order valence-corrected chi connectivity index (χ2v) is 4.23. The van der Waals surface area contributed by atoms with Gasteiger partial charge < -0.3 is 10.6 Å². The number of hydrogen-bond donors (Lipinski definition) is 2. The number of nitrogens with one attached hydrogen (secondary N) is 1. The van der Waals surface area contributed by atoms with Gasteiger partial charge in [-0.1, -0.05) is 20.3 Å². The average Bonchev–Trinajstić information content (AvgIpc) is 2.35. The largest absolute Gasteiger partial charge is 0.384 e. The molecular weight excluding hydrogens is 214 g/mol. The van der Waals surface area contributed by atoms with E-state index in [1.807, 2.05) is 0 Å². The van der Waals surface area contributed by atoms with Gasteiger partial charge in [0, 0.05) is 19.3 Å². The fraction of sp³-hybridized carbons (Fsp3) is 0.583. The van der Waals surface area contributed by atoms with Gasteiger partial charge in [0.2, 0.25) is 0 Å². The van der Waals surface area contributed by atoms with Crippen LogP contribution in [0.1, 0.15) is 32.8 Å². The van der Waals surface area contributed by atoms with Gasteiger partial charge in [-0.2, -0.15) is 0 Å². The summed E-state index contributed by atoms with van der Waals surface area (Å²) in [7, 11) is 0. The molecule has 0 aromatic carbocycles. The highest BCUT2D eigenvalue weighted by atomic mass is 15.2. The molecule has 3 N–H and O–H groups in total. The number of amidine groups is 1. The Morgan fingerprint density at radius 2 is 2.24 bits per heavy atom. The first-order chi connectivity index (χ1) is 8.10. The molecule has 0 aliphatic heterocycles. The van der Waals surface area contributed by atoms with E-state index < -0.39 is 0 Å². The molecule has 5 heteroatoms. The van der Waals surface area contributed by atoms with Gasteiger partial charge in [-0.05, 0) is 12.8 Å². The molecule has 0 saturated heterocycles. The van der Waals surface area contributed by atoms with E-state index in [9.17, 15) is 0 Å². The lowest BCUT2D eigenvalue weighted by Crippen LogP contribution is -2.31. The number of hydrogen-bond acceptors (Lipinski definition) is 4. The van der Waals surface area contributed by atoms with E-state index in [1.165, 1.54) is 6.33 Å². The lowest BCUT2D eigenvalue weighted by atomic mass is 10.1. The van der Waals surface area contributed by atoms with Crippen LogP contribution in [0, 0.1) is 11.3 Å². The molecule has 0 amide bonds. The maximum atomic E-state index is 7.54. The minimum absolute atomic E-state index is 0.0169. The summed E-state index contributed by atoms with van der Waals surface area (Å²) in [6, 6.07) is 0. The molecule has 1 unspecified atom stereocenters. The van der Waals surface area contributed by atoms with Crippen molar-refractivity contribution in [2.45, 2.75) is 27.2 Å². The van der Waals surface area contributed by atoms with Gasteiger partial charge in [0.15, 0.2) is 0 Å². The first-order valence-electron chi connectivity index (χ1n) is 5.99. The summed E-state index contributed by atoms with van der Waals surface area (Å²) in [5.41, 5.74) is 6.16. The smallest absolute Gasteiger partial charge is 0.142 e. The van der Waals surface area contributed by atoms with Crippen molar-refractivity contribution in [1.29, 1.82) is 5.41 Å². The van der Waals surface area contributed by atoms with E-state index in [2.05, 4.69) is 35.6 Å². The van der Waals surface area contributed by atoms with Crippen molar-refractivity contribution in [1.82, 2.24) is 9.97 Å². The number of nitrogens with zero attached hydrogens (tertiary/aromatic N) is 3. The molecular formula is C12H21N5. The summed E-state index contributed by atoms with van der Waals surface area (Å²) in [6.07, 6.45) is 4.22. The molecule has 0 aliphatic rings. The molecule has 0 spiro atoms. The number of nitrogen functional groups attached to an aromatic ring is 1. The molecule has 0 saturated carbocycles. The molecule has 0 aliphatic carbocycles. The van der Waals surface area contributed by atoms with Gasteiger partial charge >= 0.3 is 0 Å². The van der Waals surface area contributed by atoms with Crippen molar-refractivity contribution in [3.05, 3.63) is 18.1 Å². The molecule has 94 valence electrons. The maximum Gasteiger partial charge on any atom is 0.142 e. The summed E-state index contributed by atoms with van der Waals surface area (Å²) in [4.78, 5) is 10.3. The predicted octanol–water partition coefficient (Wildman–Crippen LogP) is 1.63. The predicted molar refractivity (Wildman–Crippen MR) is 70.4 cm³/mol. The first-order valence-corrected chi connectivity index (χ1v) is 5.99.